The summed E-state index contributed by atoms with van der Waals surface area (Å²) in [7, 11) is -3.74. The van der Waals surface area contributed by atoms with Crippen LogP contribution in [-0.2, 0) is 21.7 Å². The highest BCUT2D eigenvalue weighted by atomic mass is 35.5. The first kappa shape index (κ1) is 25.0. The molecule has 1 aromatic carbocycles. The second-order valence-electron chi connectivity index (χ2n) is 5.86. The van der Waals surface area contributed by atoms with Gasteiger partial charge in [-0.2, -0.15) is 41.4 Å². The lowest BCUT2D eigenvalue weighted by molar-refractivity contribution is -0.137. The molecule has 2 heterocycles. The third-order valence-electron chi connectivity index (χ3n) is 3.76. The van der Waals surface area contributed by atoms with Gasteiger partial charge in [-0.25, -0.2) is 8.89 Å². The summed E-state index contributed by atoms with van der Waals surface area (Å²) in [6.07, 6.45) is -3.31. The SMILES string of the molecule is CCO/C=N/c1c(S(=O)C(F)(F)F)c(-c2ncon2)nn1-c1c(Cl)cc(C(F)(F)F)cc1Cl. The number of halogens is 8. The molecule has 0 spiro atoms. The van der Waals surface area contributed by atoms with Crippen molar-refractivity contribution < 1.29 is 39.8 Å². The van der Waals surface area contributed by atoms with Gasteiger partial charge in [-0.3, -0.25) is 0 Å². The van der Waals surface area contributed by atoms with E-state index in [9.17, 15) is 30.6 Å². The Morgan fingerprint density at radius 1 is 1.21 bits per heavy atom. The van der Waals surface area contributed by atoms with Crippen molar-refractivity contribution in [3.8, 4) is 17.2 Å². The number of benzene rings is 1. The molecule has 0 radical (unpaired) electrons. The van der Waals surface area contributed by atoms with Crippen molar-refractivity contribution in [1.29, 1.82) is 0 Å². The Morgan fingerprint density at radius 2 is 1.85 bits per heavy atom. The summed E-state index contributed by atoms with van der Waals surface area (Å²) >= 11 is 12.0. The van der Waals surface area contributed by atoms with E-state index in [0.29, 0.717) is 16.8 Å². The normalized spacial score (nSPS) is 13.6. The predicted octanol–water partition coefficient (Wildman–Crippen LogP) is 5.57. The van der Waals surface area contributed by atoms with E-state index in [-0.39, 0.29) is 6.61 Å². The van der Waals surface area contributed by atoms with Crippen LogP contribution in [0.5, 0.6) is 0 Å². The second kappa shape index (κ2) is 9.30. The first-order valence-corrected chi connectivity index (χ1v) is 10.4. The number of aromatic nitrogens is 4. The van der Waals surface area contributed by atoms with Crippen LogP contribution in [0, 0.1) is 0 Å². The van der Waals surface area contributed by atoms with E-state index in [1.54, 1.807) is 6.92 Å². The van der Waals surface area contributed by atoms with Crippen molar-refractivity contribution in [3.63, 3.8) is 0 Å². The molecule has 2 aromatic heterocycles. The van der Waals surface area contributed by atoms with Crippen molar-refractivity contribution in [1.82, 2.24) is 19.9 Å². The molecule has 17 heteroatoms. The topological polar surface area (TPSA) is 95.4 Å². The van der Waals surface area contributed by atoms with Crippen LogP contribution in [-0.4, -0.2) is 42.6 Å². The Labute approximate surface area is 192 Å². The highest BCUT2D eigenvalue weighted by Gasteiger charge is 2.44. The van der Waals surface area contributed by atoms with E-state index in [1.165, 1.54) is 0 Å². The van der Waals surface area contributed by atoms with Crippen LogP contribution < -0.4 is 0 Å². The molecular formula is C16H9Cl2F6N5O3S. The van der Waals surface area contributed by atoms with Crippen molar-refractivity contribution in [2.24, 2.45) is 4.99 Å². The lowest BCUT2D eigenvalue weighted by Gasteiger charge is -2.13. The summed E-state index contributed by atoms with van der Waals surface area (Å²) < 4.78 is 102. The smallest absolute Gasteiger partial charge is 0.476 e. The second-order valence-corrected chi connectivity index (χ2v) is 8.08. The fourth-order valence-corrected chi connectivity index (χ4v) is 3.96. The summed E-state index contributed by atoms with van der Waals surface area (Å²) in [6.45, 7) is 1.61. The lowest BCUT2D eigenvalue weighted by atomic mass is 10.2. The third kappa shape index (κ3) is 5.14. The number of rotatable bonds is 6. The van der Waals surface area contributed by atoms with Gasteiger partial charge in [0.1, 0.15) is 10.6 Å². The fourth-order valence-electron chi connectivity index (χ4n) is 2.46. The van der Waals surface area contributed by atoms with Crippen LogP contribution in [0.3, 0.4) is 0 Å². The van der Waals surface area contributed by atoms with E-state index in [1.807, 2.05) is 0 Å². The number of ether oxygens (including phenoxy) is 1. The lowest BCUT2D eigenvalue weighted by Crippen LogP contribution is -2.17. The number of aliphatic imine (C=N–C) groups is 1. The zero-order valence-corrected chi connectivity index (χ0v) is 18.2. The molecule has 1 unspecified atom stereocenters. The van der Waals surface area contributed by atoms with Gasteiger partial charge in [0.05, 0.1) is 22.2 Å². The highest BCUT2D eigenvalue weighted by Crippen LogP contribution is 2.43. The molecule has 0 saturated carbocycles. The Morgan fingerprint density at radius 3 is 2.33 bits per heavy atom. The molecule has 0 fully saturated rings. The van der Waals surface area contributed by atoms with Crippen molar-refractivity contribution >= 4 is 46.2 Å². The van der Waals surface area contributed by atoms with Crippen LogP contribution in [0.2, 0.25) is 10.0 Å². The van der Waals surface area contributed by atoms with E-state index >= 15 is 0 Å². The van der Waals surface area contributed by atoms with Gasteiger partial charge in [-0.05, 0) is 19.1 Å². The molecule has 1 atom stereocenters. The maximum Gasteiger partial charge on any atom is 0.476 e. The van der Waals surface area contributed by atoms with Gasteiger partial charge in [-0.1, -0.05) is 28.4 Å². The summed E-state index contributed by atoms with van der Waals surface area (Å²) in [5.74, 6) is -1.25. The summed E-state index contributed by atoms with van der Waals surface area (Å²) in [5, 5.41) is 5.99. The first-order valence-electron chi connectivity index (χ1n) is 8.45. The molecule has 178 valence electrons. The minimum atomic E-state index is -5.28. The summed E-state index contributed by atoms with van der Waals surface area (Å²) in [4.78, 5) is 6.30. The Bertz CT molecular complexity index is 1190. The minimum absolute atomic E-state index is 0.0643. The standard InChI is InChI=1S/C16H9Cl2F6N5O3S/c1-2-31-5-26-14-12(33(30)16(22,23)24)10(13-25-6-32-28-13)27-29(14)11-8(17)3-7(4-9(11)18)15(19,20)21/h3-6H,2H2,1H3/b26-5+. The van der Waals surface area contributed by atoms with Crippen LogP contribution >= 0.6 is 23.2 Å². The quantitative estimate of drug-likeness (QED) is 0.232. The Balaban J connectivity index is 2.38. The van der Waals surface area contributed by atoms with Crippen molar-refractivity contribution in [3.05, 3.63) is 34.1 Å². The van der Waals surface area contributed by atoms with Crippen LogP contribution in [0.15, 0.2) is 32.9 Å². The molecule has 8 nitrogen and oxygen atoms in total. The van der Waals surface area contributed by atoms with Gasteiger partial charge in [0.25, 0.3) is 0 Å². The van der Waals surface area contributed by atoms with E-state index < -0.39 is 66.0 Å². The Hall–Kier alpha value is -2.65. The molecule has 0 aliphatic rings. The van der Waals surface area contributed by atoms with Gasteiger partial charge in [0.15, 0.2) is 28.7 Å². The van der Waals surface area contributed by atoms with Gasteiger partial charge in [0.2, 0.25) is 12.2 Å². The van der Waals surface area contributed by atoms with Crippen LogP contribution in [0.25, 0.3) is 17.2 Å². The number of alkyl halides is 6. The molecule has 0 N–H and O–H groups in total. The van der Waals surface area contributed by atoms with Gasteiger partial charge in [0, 0.05) is 0 Å². The zero-order chi connectivity index (χ0) is 24.6. The first-order chi connectivity index (χ1) is 15.4. The highest BCUT2D eigenvalue weighted by molar-refractivity contribution is 7.86. The summed E-state index contributed by atoms with van der Waals surface area (Å²) in [6, 6.07) is 0.990. The van der Waals surface area contributed by atoms with E-state index in [4.69, 9.17) is 27.9 Å². The number of hydrogen-bond donors (Lipinski definition) is 0. The van der Waals surface area contributed by atoms with Gasteiger partial charge >= 0.3 is 11.7 Å². The largest absolute Gasteiger partial charge is 0.483 e. The molecule has 0 bridgehead atoms. The molecule has 0 aliphatic carbocycles. The number of hydrogen-bond acceptors (Lipinski definition) is 7. The third-order valence-corrected chi connectivity index (χ3v) is 5.50. The average molecular weight is 536 g/mol. The van der Waals surface area contributed by atoms with E-state index in [2.05, 4.69) is 24.8 Å². The monoisotopic (exact) mass is 535 g/mol. The molecule has 3 rings (SSSR count). The maximum absolute atomic E-state index is 13.4. The summed E-state index contributed by atoms with van der Waals surface area (Å²) in [5.41, 5.74) is -7.65. The molecule has 0 aliphatic heterocycles. The number of nitrogens with zero attached hydrogens (tertiary/aromatic N) is 5. The minimum Gasteiger partial charge on any atom is -0.483 e. The fraction of sp³-hybridized carbons (Fsp3) is 0.250. The maximum atomic E-state index is 13.4. The van der Waals surface area contributed by atoms with Crippen LogP contribution in [0.1, 0.15) is 12.5 Å². The average Bonchev–Trinajstić information content (AvgIpc) is 3.34. The predicted molar refractivity (Wildman–Crippen MR) is 104 cm³/mol. The van der Waals surface area contributed by atoms with Crippen molar-refractivity contribution in [2.45, 2.75) is 23.5 Å². The Kier molecular flexibility index (Phi) is 7.04. The van der Waals surface area contributed by atoms with Gasteiger partial charge < -0.3 is 9.26 Å². The molecule has 0 saturated heterocycles. The van der Waals surface area contributed by atoms with Crippen molar-refractivity contribution in [2.75, 3.05) is 6.61 Å². The van der Waals surface area contributed by atoms with Crippen LogP contribution in [0.4, 0.5) is 32.2 Å². The molecule has 3 aromatic rings. The molecule has 33 heavy (non-hydrogen) atoms. The zero-order valence-electron chi connectivity index (χ0n) is 15.9. The molecule has 0 amide bonds. The molecular weight excluding hydrogens is 527 g/mol. The van der Waals surface area contributed by atoms with E-state index in [0.717, 1.165) is 12.8 Å². The van der Waals surface area contributed by atoms with Gasteiger partial charge in [-0.15, -0.1) is 0 Å².